The summed E-state index contributed by atoms with van der Waals surface area (Å²) in [4.78, 5) is 0. The highest BCUT2D eigenvalue weighted by atomic mass is 16.5. The van der Waals surface area contributed by atoms with Crippen molar-refractivity contribution in [3.8, 4) is 0 Å². The van der Waals surface area contributed by atoms with Gasteiger partial charge >= 0.3 is 0 Å². The Hall–Kier alpha value is -0.160. The van der Waals surface area contributed by atoms with Crippen molar-refractivity contribution in [2.24, 2.45) is 0 Å². The molecule has 4 N–H and O–H groups in total. The smallest absolute Gasteiger partial charge is 0.0653 e. The Kier molecular flexibility index (Phi) is 3.72. The predicted octanol–water partition coefficient (Wildman–Crippen LogP) is -0.901. The molecule has 0 bridgehead atoms. The molecule has 0 saturated heterocycles. The van der Waals surface area contributed by atoms with Gasteiger partial charge in [0.1, 0.15) is 0 Å². The summed E-state index contributed by atoms with van der Waals surface area (Å²) in [6.07, 6.45) is 0.333. The lowest BCUT2D eigenvalue weighted by molar-refractivity contribution is 0.0181. The van der Waals surface area contributed by atoms with Crippen LogP contribution in [0.3, 0.4) is 0 Å². The zero-order valence-electron chi connectivity index (χ0n) is 5.46. The first-order valence-electron chi connectivity index (χ1n) is 2.81. The zero-order chi connectivity index (χ0) is 7.33. The largest absolute Gasteiger partial charge is 0.396 e. The molecule has 4 nitrogen and oxygen atoms in total. The summed E-state index contributed by atoms with van der Waals surface area (Å²) in [5.41, 5.74) is 1.16. The first-order valence-corrected chi connectivity index (χ1v) is 2.81. The van der Waals surface area contributed by atoms with Gasteiger partial charge in [0.05, 0.1) is 12.1 Å². The molecule has 0 aromatic heterocycles. The molecule has 56 valence electrons. The molecule has 0 aromatic carbocycles. The summed E-state index contributed by atoms with van der Waals surface area (Å²) in [5.74, 6) is 0. The summed E-state index contributed by atoms with van der Waals surface area (Å²) in [6.45, 7) is 1.37. The number of aliphatic hydroxyl groups excluding tert-OH is 2. The minimum absolute atomic E-state index is 0.0510. The van der Waals surface area contributed by atoms with Crippen LogP contribution in [0.1, 0.15) is 13.3 Å². The average Bonchev–Trinajstić information content (AvgIpc) is 1.89. The summed E-state index contributed by atoms with van der Waals surface area (Å²) in [6, 6.07) is 0. The Morgan fingerprint density at radius 3 is 2.11 bits per heavy atom. The fraction of sp³-hybridized carbons (Fsp3) is 1.00. The van der Waals surface area contributed by atoms with Crippen LogP contribution in [0.5, 0.6) is 0 Å². The molecule has 4 heteroatoms. The Morgan fingerprint density at radius 1 is 1.44 bits per heavy atom. The highest BCUT2D eigenvalue weighted by Crippen LogP contribution is 2.05. The molecule has 0 rings (SSSR count). The highest BCUT2D eigenvalue weighted by molar-refractivity contribution is 4.77. The van der Waals surface area contributed by atoms with E-state index in [2.05, 4.69) is 0 Å². The van der Waals surface area contributed by atoms with Gasteiger partial charge in [-0.2, -0.15) is 5.48 Å². The summed E-state index contributed by atoms with van der Waals surface area (Å²) < 4.78 is 0. The Morgan fingerprint density at radius 2 is 2.00 bits per heavy atom. The molecule has 0 aromatic rings. The van der Waals surface area contributed by atoms with Crippen LogP contribution in [0.15, 0.2) is 0 Å². The molecule has 0 heterocycles. The molecular formula is C5H13NO3. The van der Waals surface area contributed by atoms with E-state index in [-0.39, 0.29) is 13.2 Å². The van der Waals surface area contributed by atoms with Crippen molar-refractivity contribution in [3.05, 3.63) is 0 Å². The van der Waals surface area contributed by atoms with E-state index in [0.717, 1.165) is 0 Å². The third kappa shape index (κ3) is 2.76. The second-order valence-electron chi connectivity index (χ2n) is 2.30. The molecule has 0 spiro atoms. The van der Waals surface area contributed by atoms with Crippen LogP contribution in [0.2, 0.25) is 0 Å². The first-order chi connectivity index (χ1) is 4.18. The van der Waals surface area contributed by atoms with Gasteiger partial charge in [0, 0.05) is 6.61 Å². The number of hydrogen-bond donors (Lipinski definition) is 4. The van der Waals surface area contributed by atoms with Crippen LogP contribution in [0.25, 0.3) is 0 Å². The van der Waals surface area contributed by atoms with Gasteiger partial charge in [0.25, 0.3) is 0 Å². The van der Waals surface area contributed by atoms with E-state index in [1.165, 1.54) is 0 Å². The Labute approximate surface area is 54.1 Å². The minimum Gasteiger partial charge on any atom is -0.396 e. The van der Waals surface area contributed by atoms with Gasteiger partial charge < -0.3 is 15.4 Å². The van der Waals surface area contributed by atoms with Crippen LogP contribution >= 0.6 is 0 Å². The molecule has 9 heavy (non-hydrogen) atoms. The standard InChI is InChI=1S/C5H13NO3/c1-5(4-8,6-9)2-3-7/h6-9H,2-4H2,1H3. The van der Waals surface area contributed by atoms with Crippen LogP contribution in [-0.4, -0.2) is 34.2 Å². The monoisotopic (exact) mass is 135 g/mol. The van der Waals surface area contributed by atoms with Gasteiger partial charge in [-0.25, -0.2) is 0 Å². The number of rotatable bonds is 4. The topological polar surface area (TPSA) is 72.7 Å². The van der Waals surface area contributed by atoms with Gasteiger partial charge in [0.2, 0.25) is 0 Å². The second-order valence-corrected chi connectivity index (χ2v) is 2.30. The number of hydrogen-bond acceptors (Lipinski definition) is 4. The molecule has 0 aliphatic heterocycles. The van der Waals surface area contributed by atoms with E-state index < -0.39 is 5.54 Å². The van der Waals surface area contributed by atoms with Crippen molar-refractivity contribution in [1.29, 1.82) is 0 Å². The van der Waals surface area contributed by atoms with Crippen LogP contribution in [-0.2, 0) is 0 Å². The summed E-state index contributed by atoms with van der Waals surface area (Å²) >= 11 is 0. The van der Waals surface area contributed by atoms with Crippen LogP contribution in [0.4, 0.5) is 0 Å². The lowest BCUT2D eigenvalue weighted by Gasteiger charge is -2.23. The summed E-state index contributed by atoms with van der Waals surface area (Å²) in [5, 5.41) is 25.4. The minimum atomic E-state index is -0.755. The van der Waals surface area contributed by atoms with Crippen molar-refractivity contribution in [2.75, 3.05) is 13.2 Å². The average molecular weight is 135 g/mol. The molecule has 0 saturated carbocycles. The third-order valence-electron chi connectivity index (χ3n) is 1.28. The zero-order valence-corrected chi connectivity index (χ0v) is 5.46. The van der Waals surface area contributed by atoms with E-state index >= 15 is 0 Å². The summed E-state index contributed by atoms with van der Waals surface area (Å²) in [7, 11) is 0. The molecule has 0 radical (unpaired) electrons. The van der Waals surface area contributed by atoms with Crippen molar-refractivity contribution in [1.82, 2.24) is 5.48 Å². The lowest BCUT2D eigenvalue weighted by atomic mass is 10.0. The van der Waals surface area contributed by atoms with E-state index in [4.69, 9.17) is 15.4 Å². The van der Waals surface area contributed by atoms with Crippen LogP contribution in [0, 0.1) is 0 Å². The third-order valence-corrected chi connectivity index (χ3v) is 1.28. The Balaban J connectivity index is 3.62. The molecule has 1 atom stereocenters. The maximum absolute atomic E-state index is 8.58. The molecular weight excluding hydrogens is 122 g/mol. The van der Waals surface area contributed by atoms with Gasteiger partial charge in [-0.3, -0.25) is 0 Å². The SMILES string of the molecule is CC(CO)(CCO)NO. The van der Waals surface area contributed by atoms with E-state index in [0.29, 0.717) is 6.42 Å². The van der Waals surface area contributed by atoms with Gasteiger partial charge in [-0.1, -0.05) is 0 Å². The molecule has 0 aliphatic carbocycles. The van der Waals surface area contributed by atoms with Crippen molar-refractivity contribution >= 4 is 0 Å². The Bertz CT molecular complexity index is 72.6. The first kappa shape index (κ1) is 8.84. The highest BCUT2D eigenvalue weighted by Gasteiger charge is 2.20. The number of aliphatic hydroxyl groups is 2. The van der Waals surface area contributed by atoms with E-state index in [1.54, 1.807) is 6.92 Å². The van der Waals surface area contributed by atoms with Crippen molar-refractivity contribution < 1.29 is 15.4 Å². The lowest BCUT2D eigenvalue weighted by Crippen LogP contribution is -2.44. The second kappa shape index (κ2) is 3.79. The van der Waals surface area contributed by atoms with E-state index in [9.17, 15) is 0 Å². The van der Waals surface area contributed by atoms with Crippen LogP contribution < -0.4 is 5.48 Å². The molecule has 1 unspecified atom stereocenters. The van der Waals surface area contributed by atoms with Crippen molar-refractivity contribution in [3.63, 3.8) is 0 Å². The molecule has 0 amide bonds. The molecule has 0 aliphatic rings. The molecule has 0 fully saturated rings. The van der Waals surface area contributed by atoms with Gasteiger partial charge in [-0.15, -0.1) is 0 Å². The van der Waals surface area contributed by atoms with Crippen molar-refractivity contribution in [2.45, 2.75) is 18.9 Å². The normalized spacial score (nSPS) is 17.3. The fourth-order valence-electron chi connectivity index (χ4n) is 0.417. The maximum atomic E-state index is 8.58. The van der Waals surface area contributed by atoms with Gasteiger partial charge in [-0.05, 0) is 13.3 Å². The number of nitrogens with one attached hydrogen (secondary N) is 1. The quantitative estimate of drug-likeness (QED) is 0.377. The maximum Gasteiger partial charge on any atom is 0.0653 e. The fourth-order valence-corrected chi connectivity index (χ4v) is 0.417. The van der Waals surface area contributed by atoms with E-state index in [1.807, 2.05) is 5.48 Å². The number of hydroxylamine groups is 1. The van der Waals surface area contributed by atoms with Gasteiger partial charge in [0.15, 0.2) is 0 Å². The predicted molar refractivity (Wildman–Crippen MR) is 32.1 cm³/mol.